The molecule has 0 heterocycles. The molecule has 2 aromatic carbocycles. The molecule has 0 atom stereocenters. The molecule has 0 unspecified atom stereocenters. The number of phenols is 1. The first-order valence-corrected chi connectivity index (χ1v) is 10.7. The van der Waals surface area contributed by atoms with E-state index in [1.807, 2.05) is 0 Å². The number of nitrogens with zero attached hydrogens (tertiary/aromatic N) is 1. The maximum atomic E-state index is 14.6. The molecule has 0 aliphatic heterocycles. The summed E-state index contributed by atoms with van der Waals surface area (Å²) >= 11 is 0. The highest BCUT2D eigenvalue weighted by molar-refractivity contribution is 5.88. The van der Waals surface area contributed by atoms with Crippen LogP contribution in [0.1, 0.15) is 47.8 Å². The molecule has 10 heteroatoms. The van der Waals surface area contributed by atoms with Crippen molar-refractivity contribution >= 4 is 30.1 Å². The summed E-state index contributed by atoms with van der Waals surface area (Å²) < 4.78 is 34.2. The van der Waals surface area contributed by atoms with Gasteiger partial charge in [-0.1, -0.05) is 6.07 Å². The average Bonchev–Trinajstić information content (AvgIpc) is 2.76. The van der Waals surface area contributed by atoms with Gasteiger partial charge in [0.25, 0.3) is 0 Å². The molecular formula is C25H28F2N2O6. The molecule has 188 valence electrons. The van der Waals surface area contributed by atoms with Crippen molar-refractivity contribution in [3.8, 4) is 5.75 Å². The molecule has 0 radical (unpaired) electrons. The lowest BCUT2D eigenvalue weighted by molar-refractivity contribution is -0.104. The lowest BCUT2D eigenvalue weighted by Crippen LogP contribution is -2.38. The number of carbonyl (C=O) groups excluding carboxylic acids is 2. The van der Waals surface area contributed by atoms with E-state index in [1.165, 1.54) is 23.1 Å². The van der Waals surface area contributed by atoms with Crippen LogP contribution in [0, 0.1) is 11.6 Å². The minimum absolute atomic E-state index is 0.00646. The normalized spacial score (nSPS) is 11.4. The highest BCUT2D eigenvalue weighted by atomic mass is 19.1. The van der Waals surface area contributed by atoms with Gasteiger partial charge in [0.15, 0.2) is 0 Å². The summed E-state index contributed by atoms with van der Waals surface area (Å²) in [6.45, 7) is 4.60. The Bertz CT molecular complexity index is 1140. The van der Waals surface area contributed by atoms with E-state index < -0.39 is 34.9 Å². The van der Waals surface area contributed by atoms with E-state index in [4.69, 9.17) is 9.84 Å². The van der Waals surface area contributed by atoms with Crippen LogP contribution in [-0.4, -0.2) is 52.7 Å². The molecule has 3 N–H and O–H groups in total. The van der Waals surface area contributed by atoms with E-state index in [1.54, 1.807) is 33.9 Å². The summed E-state index contributed by atoms with van der Waals surface area (Å²) in [4.78, 5) is 36.0. The molecule has 0 fully saturated rings. The Labute approximate surface area is 201 Å². The third kappa shape index (κ3) is 7.26. The van der Waals surface area contributed by atoms with E-state index in [9.17, 15) is 28.3 Å². The number of allylic oxidation sites excluding steroid dienone is 1. The quantitative estimate of drug-likeness (QED) is 0.267. The van der Waals surface area contributed by atoms with Gasteiger partial charge in [-0.2, -0.15) is 0 Å². The number of phenolic OH excluding ortho intramolecular Hbond substituents is 1. The fourth-order valence-corrected chi connectivity index (χ4v) is 3.35. The monoisotopic (exact) mass is 490 g/mol. The first-order valence-electron chi connectivity index (χ1n) is 10.7. The summed E-state index contributed by atoms with van der Waals surface area (Å²) in [6.07, 6.45) is 2.78. The third-order valence-electron chi connectivity index (χ3n) is 4.94. The zero-order chi connectivity index (χ0) is 26.3. The van der Waals surface area contributed by atoms with Crippen molar-refractivity contribution in [2.75, 3.05) is 18.9 Å². The van der Waals surface area contributed by atoms with Crippen LogP contribution >= 0.6 is 0 Å². The molecule has 0 aliphatic carbocycles. The number of aldehydes is 1. The third-order valence-corrected chi connectivity index (χ3v) is 4.94. The predicted octanol–water partition coefficient (Wildman–Crippen LogP) is 4.60. The van der Waals surface area contributed by atoms with Crippen LogP contribution in [0.3, 0.4) is 0 Å². The number of ether oxygens (including phenoxy) is 1. The van der Waals surface area contributed by atoms with Crippen LogP contribution < -0.4 is 5.32 Å². The molecule has 2 aromatic rings. The van der Waals surface area contributed by atoms with Gasteiger partial charge in [0.2, 0.25) is 0 Å². The van der Waals surface area contributed by atoms with Gasteiger partial charge in [-0.05, 0) is 63.1 Å². The topological polar surface area (TPSA) is 116 Å². The number of rotatable bonds is 9. The number of hydrogen-bond acceptors (Lipinski definition) is 6. The smallest absolute Gasteiger partial charge is 0.410 e. The van der Waals surface area contributed by atoms with E-state index in [0.29, 0.717) is 29.2 Å². The van der Waals surface area contributed by atoms with Gasteiger partial charge in [-0.3, -0.25) is 4.79 Å². The largest absolute Gasteiger partial charge is 0.506 e. The zero-order valence-corrected chi connectivity index (χ0v) is 19.9. The molecule has 0 bridgehead atoms. The van der Waals surface area contributed by atoms with Crippen molar-refractivity contribution in [1.82, 2.24) is 4.90 Å². The second-order valence-corrected chi connectivity index (χ2v) is 8.66. The highest BCUT2D eigenvalue weighted by Crippen LogP contribution is 2.31. The van der Waals surface area contributed by atoms with Gasteiger partial charge in [-0.15, -0.1) is 0 Å². The van der Waals surface area contributed by atoms with Crippen molar-refractivity contribution in [2.45, 2.75) is 39.3 Å². The zero-order valence-electron chi connectivity index (χ0n) is 19.9. The predicted molar refractivity (Wildman–Crippen MR) is 126 cm³/mol. The lowest BCUT2D eigenvalue weighted by Gasteiger charge is -2.28. The van der Waals surface area contributed by atoms with Gasteiger partial charge < -0.3 is 25.2 Å². The molecule has 0 aromatic heterocycles. The molecule has 35 heavy (non-hydrogen) atoms. The Morgan fingerprint density at radius 1 is 1.14 bits per heavy atom. The fourth-order valence-electron chi connectivity index (χ4n) is 3.35. The number of carbonyl (C=O) groups is 3. The summed E-state index contributed by atoms with van der Waals surface area (Å²) in [7, 11) is 1.60. The van der Waals surface area contributed by atoms with Crippen LogP contribution in [-0.2, 0) is 22.5 Å². The molecule has 0 spiro atoms. The number of amides is 1. The number of carboxylic acid groups (broad SMARTS) is 1. The van der Waals surface area contributed by atoms with Crippen molar-refractivity contribution in [3.63, 3.8) is 0 Å². The second kappa shape index (κ2) is 11.5. The first-order chi connectivity index (χ1) is 16.4. The standard InChI is InChI=1S/C25H28F2N2O6/c1-25(2,3)35-24(34)29(14-16-12-20(27)18(23(32)33)13-19(16)26)10-9-15-7-8-21(31)22(28-4)17(15)6-5-11-30/h5-8,11-13,28,31H,9-10,14H2,1-4H3,(H,32,33)/b6-5-. The van der Waals surface area contributed by atoms with Crippen molar-refractivity contribution in [3.05, 3.63) is 64.2 Å². The maximum absolute atomic E-state index is 14.6. The second-order valence-electron chi connectivity index (χ2n) is 8.66. The van der Waals surface area contributed by atoms with Crippen LogP contribution in [0.4, 0.5) is 19.3 Å². The number of halogens is 2. The van der Waals surface area contributed by atoms with E-state index in [0.717, 1.165) is 6.07 Å². The number of aromatic carboxylic acids is 1. The lowest BCUT2D eigenvalue weighted by atomic mass is 10.0. The minimum atomic E-state index is -1.61. The van der Waals surface area contributed by atoms with Gasteiger partial charge in [-0.25, -0.2) is 18.4 Å². The van der Waals surface area contributed by atoms with Gasteiger partial charge in [0.05, 0.1) is 17.8 Å². The Kier molecular flexibility index (Phi) is 8.93. The number of aromatic hydroxyl groups is 1. The number of hydrogen-bond donors (Lipinski definition) is 3. The molecule has 0 aliphatic rings. The van der Waals surface area contributed by atoms with Gasteiger partial charge in [0, 0.05) is 24.7 Å². The SMILES string of the molecule is CNc1c(O)ccc(CCN(Cc2cc(F)c(C(=O)O)cc2F)C(=O)OC(C)(C)C)c1/C=C\C=O. The fraction of sp³-hybridized carbons (Fsp3) is 0.320. The average molecular weight is 491 g/mol. The van der Waals surface area contributed by atoms with Crippen LogP contribution in [0.5, 0.6) is 5.75 Å². The van der Waals surface area contributed by atoms with Crippen molar-refractivity contribution in [2.24, 2.45) is 0 Å². The van der Waals surface area contributed by atoms with Crippen molar-refractivity contribution in [1.29, 1.82) is 0 Å². The Balaban J connectivity index is 2.41. The van der Waals surface area contributed by atoms with Crippen LogP contribution in [0.15, 0.2) is 30.3 Å². The van der Waals surface area contributed by atoms with Crippen LogP contribution in [0.25, 0.3) is 6.08 Å². The summed E-state index contributed by atoms with van der Waals surface area (Å²) in [6, 6.07) is 4.39. The van der Waals surface area contributed by atoms with Crippen molar-refractivity contribution < 1.29 is 38.1 Å². The Morgan fingerprint density at radius 3 is 2.40 bits per heavy atom. The first kappa shape index (κ1) is 27.3. The number of nitrogens with one attached hydrogen (secondary N) is 1. The molecule has 0 saturated heterocycles. The van der Waals surface area contributed by atoms with E-state index in [2.05, 4.69) is 5.32 Å². The Hall–Kier alpha value is -3.95. The summed E-state index contributed by atoms with van der Waals surface area (Å²) in [5.41, 5.74) is -0.339. The number of benzene rings is 2. The maximum Gasteiger partial charge on any atom is 0.410 e. The Morgan fingerprint density at radius 2 is 1.83 bits per heavy atom. The highest BCUT2D eigenvalue weighted by Gasteiger charge is 2.25. The van der Waals surface area contributed by atoms with Crippen LogP contribution in [0.2, 0.25) is 0 Å². The summed E-state index contributed by atoms with van der Waals surface area (Å²) in [5, 5.41) is 22.0. The molecular weight excluding hydrogens is 462 g/mol. The molecule has 2 rings (SSSR count). The number of carboxylic acids is 1. The number of anilines is 1. The molecule has 1 amide bonds. The molecule has 0 saturated carbocycles. The summed E-state index contributed by atoms with van der Waals surface area (Å²) in [5.74, 6) is -3.76. The van der Waals surface area contributed by atoms with E-state index >= 15 is 0 Å². The van der Waals surface area contributed by atoms with E-state index in [-0.39, 0.29) is 30.8 Å². The minimum Gasteiger partial charge on any atom is -0.506 e. The van der Waals surface area contributed by atoms with Gasteiger partial charge in [0.1, 0.15) is 29.3 Å². The van der Waals surface area contributed by atoms with Gasteiger partial charge >= 0.3 is 12.1 Å². The molecule has 8 nitrogen and oxygen atoms in total.